The van der Waals surface area contributed by atoms with Crippen LogP contribution < -0.4 is 0 Å². The standard InChI is InChI=1S/C17H8.2CH3.2Hg/c1-3-12-5-7-16-14(9-12)11-15-10-13(4-2)6-8-17(15)16;;;;/h5-10H,11H2;2*1H3;;. The quantitative estimate of drug-likeness (QED) is 0.256. The third-order valence-corrected chi connectivity index (χ3v) is 7.82. The van der Waals surface area contributed by atoms with Crippen LogP contribution in [0.4, 0.5) is 0 Å². The van der Waals surface area contributed by atoms with Crippen molar-refractivity contribution in [3.8, 4) is 29.8 Å². The van der Waals surface area contributed by atoms with E-state index in [0.717, 1.165) is 6.42 Å². The molecule has 0 radical (unpaired) electrons. The van der Waals surface area contributed by atoms with Crippen molar-refractivity contribution < 1.29 is 49.1 Å². The Morgan fingerprint density at radius 3 is 1.67 bits per heavy atom. The van der Waals surface area contributed by atoms with Crippen LogP contribution >= 0.6 is 0 Å². The average molecular weight is 644 g/mol. The molecule has 1 aliphatic rings. The predicted octanol–water partition coefficient (Wildman–Crippen LogP) is 4.14. The van der Waals surface area contributed by atoms with Crippen molar-refractivity contribution in [3.05, 3.63) is 58.7 Å². The van der Waals surface area contributed by atoms with Crippen LogP contribution in [0.25, 0.3) is 11.1 Å². The molecule has 0 bridgehead atoms. The van der Waals surface area contributed by atoms with Crippen LogP contribution in [0.2, 0.25) is 8.86 Å². The van der Waals surface area contributed by atoms with Crippen molar-refractivity contribution in [1.29, 1.82) is 0 Å². The Morgan fingerprint density at radius 1 is 0.762 bits per heavy atom. The van der Waals surface area contributed by atoms with Gasteiger partial charge >= 0.3 is 153 Å². The second-order valence-electron chi connectivity index (χ2n) is 5.23. The summed E-state index contributed by atoms with van der Waals surface area (Å²) in [6.07, 6.45) is 1.03. The van der Waals surface area contributed by atoms with Crippen LogP contribution in [0, 0.1) is 18.7 Å². The fourth-order valence-corrected chi connectivity index (χ4v) is 5.71. The topological polar surface area (TPSA) is 0 Å². The van der Waals surface area contributed by atoms with E-state index in [-0.39, 0.29) is 0 Å². The Hall–Kier alpha value is -0.570. The van der Waals surface area contributed by atoms with Gasteiger partial charge in [0, 0.05) is 0 Å². The summed E-state index contributed by atoms with van der Waals surface area (Å²) in [5.74, 6) is 6.65. The molecular weight excluding hydrogens is 629 g/mol. The van der Waals surface area contributed by atoms with Gasteiger partial charge in [0.25, 0.3) is 0 Å². The third-order valence-electron chi connectivity index (χ3n) is 3.70. The molecule has 0 saturated carbocycles. The van der Waals surface area contributed by atoms with Gasteiger partial charge in [-0.1, -0.05) is 0 Å². The fraction of sp³-hybridized carbons (Fsp3) is 0.158. The van der Waals surface area contributed by atoms with E-state index < -0.39 is 49.1 Å². The summed E-state index contributed by atoms with van der Waals surface area (Å²) in [6.45, 7) is 0. The minimum atomic E-state index is -0.830. The van der Waals surface area contributed by atoms with E-state index >= 15 is 0 Å². The molecule has 0 nitrogen and oxygen atoms in total. The predicted molar refractivity (Wildman–Crippen MR) is 80.2 cm³/mol. The molecule has 0 spiro atoms. The Bertz CT molecular complexity index is 741. The van der Waals surface area contributed by atoms with Crippen molar-refractivity contribution in [2.45, 2.75) is 15.3 Å². The molecule has 0 heterocycles. The van der Waals surface area contributed by atoms with E-state index in [1.54, 1.807) is 0 Å². The molecule has 0 aliphatic heterocycles. The van der Waals surface area contributed by atoms with Gasteiger partial charge in [0.2, 0.25) is 0 Å². The van der Waals surface area contributed by atoms with Gasteiger partial charge in [-0.3, -0.25) is 0 Å². The number of fused-ring (bicyclic) bond motifs is 3. The van der Waals surface area contributed by atoms with Crippen molar-refractivity contribution in [3.63, 3.8) is 0 Å². The molecule has 0 aromatic heterocycles. The van der Waals surface area contributed by atoms with E-state index in [1.807, 2.05) is 0 Å². The van der Waals surface area contributed by atoms with Crippen LogP contribution in [0.5, 0.6) is 0 Å². The van der Waals surface area contributed by atoms with Gasteiger partial charge in [-0.05, 0) is 0 Å². The van der Waals surface area contributed by atoms with Gasteiger partial charge in [-0.2, -0.15) is 0 Å². The van der Waals surface area contributed by atoms with E-state index in [2.05, 4.69) is 64.0 Å². The zero-order valence-corrected chi connectivity index (χ0v) is 23.6. The monoisotopic (exact) mass is 646 g/mol. The number of hydrogen-bond acceptors (Lipinski definition) is 0. The van der Waals surface area contributed by atoms with Gasteiger partial charge in [-0.15, -0.1) is 0 Å². The molecule has 0 fully saturated rings. The second-order valence-corrected chi connectivity index (χ2v) is 13.5. The molecule has 1 aliphatic carbocycles. The van der Waals surface area contributed by atoms with E-state index in [0.29, 0.717) is 0 Å². The van der Waals surface area contributed by atoms with Crippen LogP contribution in [0.1, 0.15) is 22.3 Å². The molecule has 2 aromatic rings. The Kier molecular flexibility index (Phi) is 5.20. The van der Waals surface area contributed by atoms with Crippen LogP contribution in [-0.4, -0.2) is 0 Å². The molecule has 2 aromatic carbocycles. The Morgan fingerprint density at radius 2 is 1.24 bits per heavy atom. The summed E-state index contributed by atoms with van der Waals surface area (Å²) >= 11 is -1.66. The van der Waals surface area contributed by atoms with Crippen LogP contribution in [0.3, 0.4) is 0 Å². The maximum atomic E-state index is 3.37. The second kappa shape index (κ2) is 7.13. The number of rotatable bonds is 0. The summed E-state index contributed by atoms with van der Waals surface area (Å²) in [4.78, 5) is 0. The molecule has 0 atom stereocenters. The zero-order valence-electron chi connectivity index (χ0n) is 12.6. The summed E-state index contributed by atoms with van der Waals surface area (Å²) in [5, 5.41) is 0. The molecule has 3 rings (SSSR count). The summed E-state index contributed by atoms with van der Waals surface area (Å²) in [7, 11) is 0. The Balaban J connectivity index is 1.97. The van der Waals surface area contributed by atoms with Crippen molar-refractivity contribution in [2.24, 2.45) is 0 Å². The van der Waals surface area contributed by atoms with Crippen molar-refractivity contribution in [2.75, 3.05) is 0 Å². The molecule has 21 heavy (non-hydrogen) atoms. The number of hydrogen-bond donors (Lipinski definition) is 0. The van der Waals surface area contributed by atoms with Crippen molar-refractivity contribution >= 4 is 0 Å². The molecule has 0 saturated heterocycles. The van der Waals surface area contributed by atoms with Crippen molar-refractivity contribution in [1.82, 2.24) is 0 Å². The van der Waals surface area contributed by atoms with Crippen LogP contribution in [0.15, 0.2) is 36.4 Å². The summed E-state index contributed by atoms with van der Waals surface area (Å²) in [6, 6.07) is 13.4. The summed E-state index contributed by atoms with van der Waals surface area (Å²) < 4.78 is 11.3. The first-order valence-corrected chi connectivity index (χ1v) is 24.0. The van der Waals surface area contributed by atoms with Crippen LogP contribution in [-0.2, 0) is 55.6 Å². The first-order chi connectivity index (χ1) is 10.3. The number of benzene rings is 2. The fourth-order valence-electron chi connectivity index (χ4n) is 2.75. The Labute approximate surface area is 151 Å². The molecular formula is C19H14Hg2. The van der Waals surface area contributed by atoms with Gasteiger partial charge in [0.05, 0.1) is 0 Å². The normalized spacial score (nSPS) is 10.0. The molecule has 2 heteroatoms. The van der Waals surface area contributed by atoms with E-state index in [4.69, 9.17) is 0 Å². The molecule has 94 valence electrons. The van der Waals surface area contributed by atoms with Gasteiger partial charge in [0.15, 0.2) is 0 Å². The SMILES string of the molecule is [CH3][Hg][C]#Cc1ccc2c(c1)Cc1cc(C#[C][Hg][CH3])ccc1-2. The first kappa shape index (κ1) is 15.3. The van der Waals surface area contributed by atoms with E-state index in [1.165, 1.54) is 33.4 Å². The maximum absolute atomic E-state index is 3.37. The molecule has 0 N–H and O–H groups in total. The van der Waals surface area contributed by atoms with Gasteiger partial charge in [-0.25, -0.2) is 0 Å². The third kappa shape index (κ3) is 3.44. The summed E-state index contributed by atoms with van der Waals surface area (Å²) in [5.41, 5.74) is 7.97. The van der Waals surface area contributed by atoms with Gasteiger partial charge in [0.1, 0.15) is 0 Å². The first-order valence-electron chi connectivity index (χ1n) is 7.55. The molecule has 0 amide bonds. The molecule has 0 unspecified atom stereocenters. The van der Waals surface area contributed by atoms with E-state index in [9.17, 15) is 0 Å². The average Bonchev–Trinajstić information content (AvgIpc) is 2.87. The minimum absolute atomic E-state index is 0.830. The van der Waals surface area contributed by atoms with Gasteiger partial charge < -0.3 is 0 Å². The zero-order chi connectivity index (χ0) is 14.7.